The zero-order valence-electron chi connectivity index (χ0n) is 13.5. The van der Waals surface area contributed by atoms with Crippen LogP contribution < -0.4 is 10.2 Å². The van der Waals surface area contributed by atoms with Gasteiger partial charge in [0.05, 0.1) is 5.92 Å². The molecule has 1 fully saturated rings. The third-order valence-electron chi connectivity index (χ3n) is 4.03. The first-order valence-corrected chi connectivity index (χ1v) is 7.58. The molecule has 0 bridgehead atoms. The number of amides is 1. The lowest BCUT2D eigenvalue weighted by Gasteiger charge is -2.34. The number of aryl methyl sites for hydroxylation is 2. The molecular weight excluding hydrogens is 309 g/mol. The fourth-order valence-electron chi connectivity index (χ4n) is 2.77. The van der Waals surface area contributed by atoms with Crippen LogP contribution in [0.25, 0.3) is 0 Å². The highest BCUT2D eigenvalue weighted by molar-refractivity contribution is 5.79. The molecule has 1 amide bonds. The van der Waals surface area contributed by atoms with Gasteiger partial charge in [0.15, 0.2) is 0 Å². The fourth-order valence-corrected chi connectivity index (χ4v) is 2.77. The number of hydrogen-bond donors (Lipinski definition) is 1. The zero-order chi connectivity index (χ0) is 17.2. The molecule has 0 aromatic carbocycles. The molecule has 0 radical (unpaired) electrons. The summed E-state index contributed by atoms with van der Waals surface area (Å²) in [7, 11) is 0. The van der Waals surface area contributed by atoms with Gasteiger partial charge in [-0.05, 0) is 33.6 Å². The first kappa shape index (κ1) is 17.5. The van der Waals surface area contributed by atoms with Crippen molar-refractivity contribution in [1.29, 1.82) is 0 Å². The lowest BCUT2D eigenvalue weighted by molar-refractivity contribution is -0.140. The van der Waals surface area contributed by atoms with Crippen molar-refractivity contribution in [2.75, 3.05) is 24.5 Å². The Hall–Kier alpha value is -1.86. The number of aromatic nitrogens is 2. The summed E-state index contributed by atoms with van der Waals surface area (Å²) in [5.41, 5.74) is 1.81. The molecule has 0 unspecified atom stereocenters. The SMILES string of the molecule is Cc1nc(C)c(C)c(N2CCC[C@@H](C(=O)NCC(F)(F)F)C2)n1. The number of anilines is 1. The smallest absolute Gasteiger partial charge is 0.355 e. The van der Waals surface area contributed by atoms with Gasteiger partial charge in [0.2, 0.25) is 5.91 Å². The van der Waals surface area contributed by atoms with Gasteiger partial charge < -0.3 is 10.2 Å². The Morgan fingerprint density at radius 3 is 2.65 bits per heavy atom. The largest absolute Gasteiger partial charge is 0.405 e. The van der Waals surface area contributed by atoms with E-state index in [0.29, 0.717) is 18.8 Å². The van der Waals surface area contributed by atoms with Crippen LogP contribution in [0, 0.1) is 26.7 Å². The van der Waals surface area contributed by atoms with E-state index in [1.807, 2.05) is 24.1 Å². The highest BCUT2D eigenvalue weighted by Gasteiger charge is 2.32. The van der Waals surface area contributed by atoms with E-state index in [0.717, 1.165) is 30.0 Å². The topological polar surface area (TPSA) is 58.1 Å². The summed E-state index contributed by atoms with van der Waals surface area (Å²) in [6.07, 6.45) is -3.06. The van der Waals surface area contributed by atoms with Gasteiger partial charge in [0.25, 0.3) is 0 Å². The Labute approximate surface area is 133 Å². The molecule has 1 N–H and O–H groups in total. The van der Waals surface area contributed by atoms with Gasteiger partial charge in [-0.15, -0.1) is 0 Å². The number of carbonyl (C=O) groups excluding carboxylic acids is 1. The van der Waals surface area contributed by atoms with Crippen LogP contribution in [-0.4, -0.2) is 41.7 Å². The van der Waals surface area contributed by atoms with E-state index in [-0.39, 0.29) is 0 Å². The van der Waals surface area contributed by atoms with E-state index in [4.69, 9.17) is 0 Å². The van der Waals surface area contributed by atoms with Crippen LogP contribution in [-0.2, 0) is 4.79 Å². The number of piperidine rings is 1. The summed E-state index contributed by atoms with van der Waals surface area (Å²) < 4.78 is 36.7. The maximum absolute atomic E-state index is 12.2. The molecule has 2 rings (SSSR count). The quantitative estimate of drug-likeness (QED) is 0.924. The minimum absolute atomic E-state index is 0.375. The number of nitrogens with zero attached hydrogens (tertiary/aromatic N) is 3. The lowest BCUT2D eigenvalue weighted by atomic mass is 9.96. The van der Waals surface area contributed by atoms with Crippen molar-refractivity contribution in [3.63, 3.8) is 0 Å². The van der Waals surface area contributed by atoms with Crippen molar-refractivity contribution in [2.24, 2.45) is 5.92 Å². The van der Waals surface area contributed by atoms with Crippen molar-refractivity contribution >= 4 is 11.7 Å². The maximum Gasteiger partial charge on any atom is 0.405 e. The van der Waals surface area contributed by atoms with E-state index in [9.17, 15) is 18.0 Å². The summed E-state index contributed by atoms with van der Waals surface area (Å²) in [5.74, 6) is 0.406. The van der Waals surface area contributed by atoms with Crippen LogP contribution in [0.3, 0.4) is 0 Å². The van der Waals surface area contributed by atoms with Gasteiger partial charge in [-0.3, -0.25) is 4.79 Å². The number of hydrogen-bond acceptors (Lipinski definition) is 4. The molecule has 0 spiro atoms. The standard InChI is InChI=1S/C15H21F3N4O/c1-9-10(2)20-11(3)21-13(9)22-6-4-5-12(7-22)14(23)19-8-15(16,17)18/h12H,4-8H2,1-3H3,(H,19,23)/t12-/m1/s1. The molecule has 23 heavy (non-hydrogen) atoms. The Kier molecular flexibility index (Phi) is 5.11. The highest BCUT2D eigenvalue weighted by Crippen LogP contribution is 2.26. The summed E-state index contributed by atoms with van der Waals surface area (Å²) >= 11 is 0. The van der Waals surface area contributed by atoms with Crippen molar-refractivity contribution in [1.82, 2.24) is 15.3 Å². The van der Waals surface area contributed by atoms with E-state index < -0.39 is 24.5 Å². The van der Waals surface area contributed by atoms with Gasteiger partial charge in [0, 0.05) is 24.3 Å². The summed E-state index contributed by atoms with van der Waals surface area (Å²) in [6.45, 7) is 5.43. The number of halogens is 3. The number of alkyl halides is 3. The second-order valence-corrected chi connectivity index (χ2v) is 5.92. The van der Waals surface area contributed by atoms with E-state index in [2.05, 4.69) is 9.97 Å². The van der Waals surface area contributed by atoms with Crippen LogP contribution >= 0.6 is 0 Å². The molecule has 128 valence electrons. The molecule has 1 aliphatic heterocycles. The molecule has 5 nitrogen and oxygen atoms in total. The number of nitrogens with one attached hydrogen (secondary N) is 1. The third kappa shape index (κ3) is 4.56. The first-order valence-electron chi connectivity index (χ1n) is 7.58. The average molecular weight is 330 g/mol. The third-order valence-corrected chi connectivity index (χ3v) is 4.03. The Morgan fingerprint density at radius 1 is 1.30 bits per heavy atom. The Bertz CT molecular complexity index is 589. The molecule has 1 aliphatic rings. The van der Waals surface area contributed by atoms with E-state index >= 15 is 0 Å². The van der Waals surface area contributed by atoms with Crippen LogP contribution in [0.4, 0.5) is 19.0 Å². The molecule has 1 aromatic heterocycles. The summed E-state index contributed by atoms with van der Waals surface area (Å²) in [5, 5.41) is 1.98. The van der Waals surface area contributed by atoms with E-state index in [1.165, 1.54) is 0 Å². The van der Waals surface area contributed by atoms with Crippen LogP contribution in [0.15, 0.2) is 0 Å². The molecule has 1 saturated heterocycles. The minimum atomic E-state index is -4.39. The van der Waals surface area contributed by atoms with Gasteiger partial charge in [-0.2, -0.15) is 13.2 Å². The highest BCUT2D eigenvalue weighted by atomic mass is 19.4. The number of carbonyl (C=O) groups is 1. The summed E-state index contributed by atoms with van der Waals surface area (Å²) in [4.78, 5) is 22.7. The fraction of sp³-hybridized carbons (Fsp3) is 0.667. The molecule has 0 aliphatic carbocycles. The summed E-state index contributed by atoms with van der Waals surface area (Å²) in [6, 6.07) is 0. The molecule has 1 aromatic rings. The minimum Gasteiger partial charge on any atom is -0.355 e. The lowest BCUT2D eigenvalue weighted by Crippen LogP contribution is -2.45. The van der Waals surface area contributed by atoms with Gasteiger partial charge in [0.1, 0.15) is 18.2 Å². The second kappa shape index (κ2) is 6.72. The van der Waals surface area contributed by atoms with Crippen LogP contribution in [0.5, 0.6) is 0 Å². The van der Waals surface area contributed by atoms with Crippen LogP contribution in [0.1, 0.15) is 29.9 Å². The zero-order valence-corrected chi connectivity index (χ0v) is 13.5. The van der Waals surface area contributed by atoms with Gasteiger partial charge in [-0.1, -0.05) is 0 Å². The molecular formula is C15H21F3N4O. The number of rotatable bonds is 3. The van der Waals surface area contributed by atoms with Crippen molar-refractivity contribution in [2.45, 2.75) is 39.8 Å². The van der Waals surface area contributed by atoms with Crippen molar-refractivity contribution in [3.05, 3.63) is 17.1 Å². The molecule has 2 heterocycles. The Morgan fingerprint density at radius 2 is 2.00 bits per heavy atom. The van der Waals surface area contributed by atoms with E-state index in [1.54, 1.807) is 6.92 Å². The van der Waals surface area contributed by atoms with Gasteiger partial charge >= 0.3 is 6.18 Å². The average Bonchev–Trinajstić information content (AvgIpc) is 2.48. The van der Waals surface area contributed by atoms with Crippen molar-refractivity contribution < 1.29 is 18.0 Å². The monoisotopic (exact) mass is 330 g/mol. The molecule has 1 atom stereocenters. The second-order valence-electron chi connectivity index (χ2n) is 5.92. The maximum atomic E-state index is 12.2. The normalized spacial score (nSPS) is 18.9. The van der Waals surface area contributed by atoms with Gasteiger partial charge in [-0.25, -0.2) is 9.97 Å². The first-order chi connectivity index (χ1) is 10.7. The molecule has 0 saturated carbocycles. The predicted molar refractivity (Wildman–Crippen MR) is 80.2 cm³/mol. The molecule has 8 heteroatoms. The van der Waals surface area contributed by atoms with Crippen molar-refractivity contribution in [3.8, 4) is 0 Å². The Balaban J connectivity index is 2.08. The predicted octanol–water partition coefficient (Wildman–Crippen LogP) is 2.30. The van der Waals surface area contributed by atoms with Crippen LogP contribution in [0.2, 0.25) is 0 Å².